The number of ketones is 1. The molecule has 0 spiro atoms. The van der Waals surface area contributed by atoms with Crippen molar-refractivity contribution in [1.29, 1.82) is 0 Å². The third kappa shape index (κ3) is 2.33. The lowest BCUT2D eigenvalue weighted by Crippen LogP contribution is -2.35. The number of hydrogen-bond acceptors (Lipinski definition) is 3. The molecule has 4 unspecified atom stereocenters. The second-order valence-corrected chi connectivity index (χ2v) is 6.09. The molecule has 0 amide bonds. The van der Waals surface area contributed by atoms with Crippen molar-refractivity contribution in [2.24, 2.45) is 11.3 Å². The van der Waals surface area contributed by atoms with E-state index in [4.69, 9.17) is 0 Å². The minimum absolute atomic E-state index is 0.241. The van der Waals surface area contributed by atoms with Crippen LogP contribution < -0.4 is 0 Å². The molecule has 3 heteroatoms. The Morgan fingerprint density at radius 1 is 1.26 bits per heavy atom. The van der Waals surface area contributed by atoms with Gasteiger partial charge < -0.3 is 10.2 Å². The lowest BCUT2D eigenvalue weighted by Gasteiger charge is -2.25. The highest BCUT2D eigenvalue weighted by Gasteiger charge is 2.64. The quantitative estimate of drug-likeness (QED) is 0.847. The number of aliphatic hydroxyl groups excluding tert-OH is 2. The molecule has 0 saturated heterocycles. The zero-order valence-corrected chi connectivity index (χ0v) is 11.0. The van der Waals surface area contributed by atoms with Crippen molar-refractivity contribution in [3.63, 3.8) is 0 Å². The summed E-state index contributed by atoms with van der Waals surface area (Å²) < 4.78 is 0. The highest BCUT2D eigenvalue weighted by Crippen LogP contribution is 2.64. The van der Waals surface area contributed by atoms with Crippen molar-refractivity contribution in [3.05, 3.63) is 35.9 Å². The van der Waals surface area contributed by atoms with Gasteiger partial charge in [-0.05, 0) is 30.7 Å². The molecule has 0 aromatic heterocycles. The third-order valence-electron chi connectivity index (χ3n) is 4.80. The number of Topliss-reactive ketones (excluding diaryl/α,β-unsaturated/α-hetero) is 1. The number of fused-ring (bicyclic) bond motifs is 1. The predicted molar refractivity (Wildman–Crippen MR) is 71.6 cm³/mol. The van der Waals surface area contributed by atoms with Gasteiger partial charge in [0.1, 0.15) is 5.78 Å². The highest BCUT2D eigenvalue weighted by molar-refractivity contribution is 5.84. The lowest BCUT2D eigenvalue weighted by atomic mass is 9.89. The van der Waals surface area contributed by atoms with Gasteiger partial charge in [0, 0.05) is 18.3 Å². The molecular formula is C16H20O3. The predicted octanol–water partition coefficient (Wildman–Crippen LogP) is 1.71. The molecule has 2 N–H and O–H groups in total. The Balaban J connectivity index is 1.56. The van der Waals surface area contributed by atoms with Crippen molar-refractivity contribution < 1.29 is 15.0 Å². The number of carbonyl (C=O) groups is 1. The minimum Gasteiger partial charge on any atom is -0.390 e. The average molecular weight is 260 g/mol. The van der Waals surface area contributed by atoms with Crippen LogP contribution in [0.15, 0.2) is 30.3 Å². The van der Waals surface area contributed by atoms with Gasteiger partial charge in [-0.25, -0.2) is 0 Å². The highest BCUT2D eigenvalue weighted by atomic mass is 16.3. The number of benzene rings is 1. The molecule has 2 saturated carbocycles. The molecule has 0 radical (unpaired) electrons. The van der Waals surface area contributed by atoms with Crippen LogP contribution >= 0.6 is 0 Å². The average Bonchev–Trinajstić information content (AvgIpc) is 3.00. The molecule has 2 aliphatic rings. The zero-order valence-electron chi connectivity index (χ0n) is 11.0. The van der Waals surface area contributed by atoms with Crippen molar-refractivity contribution in [2.45, 2.75) is 44.3 Å². The Morgan fingerprint density at radius 2 is 2.00 bits per heavy atom. The van der Waals surface area contributed by atoms with E-state index in [9.17, 15) is 15.0 Å². The first-order valence-electron chi connectivity index (χ1n) is 7.03. The van der Waals surface area contributed by atoms with Crippen LogP contribution in [0.2, 0.25) is 0 Å². The second kappa shape index (κ2) is 4.73. The molecule has 3 rings (SSSR count). The normalized spacial score (nSPS) is 31.9. The maximum Gasteiger partial charge on any atom is 0.133 e. The standard InChI is InChI=1S/C16H20O3/c17-13-8-12-9-16(12,10-13)15(19)14(18)7-6-11-4-2-1-3-5-11/h1-5,12,14-15,18-19H,6-10H2. The van der Waals surface area contributed by atoms with Crippen LogP contribution in [0.5, 0.6) is 0 Å². The van der Waals surface area contributed by atoms with Gasteiger partial charge >= 0.3 is 0 Å². The van der Waals surface area contributed by atoms with E-state index in [1.165, 1.54) is 5.56 Å². The first kappa shape index (κ1) is 12.8. The summed E-state index contributed by atoms with van der Waals surface area (Å²) in [6, 6.07) is 9.96. The smallest absolute Gasteiger partial charge is 0.133 e. The summed E-state index contributed by atoms with van der Waals surface area (Å²) >= 11 is 0. The second-order valence-electron chi connectivity index (χ2n) is 6.09. The molecule has 102 valence electrons. The largest absolute Gasteiger partial charge is 0.390 e. The van der Waals surface area contributed by atoms with E-state index >= 15 is 0 Å². The Kier molecular flexibility index (Phi) is 3.19. The molecule has 0 bridgehead atoms. The fraction of sp³-hybridized carbons (Fsp3) is 0.562. The van der Waals surface area contributed by atoms with Crippen LogP contribution in [0.3, 0.4) is 0 Å². The first-order chi connectivity index (χ1) is 9.12. The van der Waals surface area contributed by atoms with Crippen LogP contribution in [-0.4, -0.2) is 28.2 Å². The van der Waals surface area contributed by atoms with Crippen LogP contribution in [-0.2, 0) is 11.2 Å². The number of aryl methyl sites for hydroxylation is 1. The molecule has 1 aromatic rings. The Morgan fingerprint density at radius 3 is 2.63 bits per heavy atom. The summed E-state index contributed by atoms with van der Waals surface area (Å²) in [7, 11) is 0. The number of hydrogen-bond donors (Lipinski definition) is 2. The van der Waals surface area contributed by atoms with Crippen molar-refractivity contribution in [1.82, 2.24) is 0 Å². The molecule has 2 aliphatic carbocycles. The Labute approximate surface area is 113 Å². The van der Waals surface area contributed by atoms with Crippen molar-refractivity contribution in [2.75, 3.05) is 0 Å². The summed E-state index contributed by atoms with van der Waals surface area (Å²) in [5, 5.41) is 20.5. The molecule has 1 aromatic carbocycles. The SMILES string of the molecule is O=C1CC2CC2(C(O)C(O)CCc2ccccc2)C1. The molecule has 19 heavy (non-hydrogen) atoms. The monoisotopic (exact) mass is 260 g/mol. The van der Waals surface area contributed by atoms with Gasteiger partial charge in [-0.1, -0.05) is 30.3 Å². The summed E-state index contributed by atoms with van der Waals surface area (Å²) in [4.78, 5) is 11.4. The number of rotatable bonds is 5. The Hall–Kier alpha value is -1.19. The van der Waals surface area contributed by atoms with Gasteiger partial charge in [0.05, 0.1) is 12.2 Å². The van der Waals surface area contributed by atoms with Crippen molar-refractivity contribution >= 4 is 5.78 Å². The van der Waals surface area contributed by atoms with Gasteiger partial charge in [0.2, 0.25) is 0 Å². The van der Waals surface area contributed by atoms with Crippen LogP contribution in [0.25, 0.3) is 0 Å². The fourth-order valence-corrected chi connectivity index (χ4v) is 3.57. The van der Waals surface area contributed by atoms with Crippen LogP contribution in [0, 0.1) is 11.3 Å². The first-order valence-corrected chi connectivity index (χ1v) is 7.03. The molecule has 4 atom stereocenters. The van der Waals surface area contributed by atoms with Crippen LogP contribution in [0.1, 0.15) is 31.2 Å². The maximum absolute atomic E-state index is 11.4. The van der Waals surface area contributed by atoms with E-state index in [2.05, 4.69) is 0 Å². The maximum atomic E-state index is 11.4. The molecular weight excluding hydrogens is 240 g/mol. The molecule has 2 fully saturated rings. The fourth-order valence-electron chi connectivity index (χ4n) is 3.57. The summed E-state index contributed by atoms with van der Waals surface area (Å²) in [6.45, 7) is 0. The van der Waals surface area contributed by atoms with Gasteiger partial charge in [0.15, 0.2) is 0 Å². The van der Waals surface area contributed by atoms with Gasteiger partial charge in [-0.2, -0.15) is 0 Å². The van der Waals surface area contributed by atoms with E-state index in [1.54, 1.807) is 0 Å². The van der Waals surface area contributed by atoms with E-state index in [1.807, 2.05) is 30.3 Å². The van der Waals surface area contributed by atoms with Gasteiger partial charge in [0.25, 0.3) is 0 Å². The van der Waals surface area contributed by atoms with Gasteiger partial charge in [-0.15, -0.1) is 0 Å². The Bertz CT molecular complexity index is 470. The zero-order chi connectivity index (χ0) is 13.5. The van der Waals surface area contributed by atoms with E-state index in [0.29, 0.717) is 25.2 Å². The molecule has 0 aliphatic heterocycles. The third-order valence-corrected chi connectivity index (χ3v) is 4.80. The van der Waals surface area contributed by atoms with Crippen molar-refractivity contribution in [3.8, 4) is 0 Å². The summed E-state index contributed by atoms with van der Waals surface area (Å²) in [6.07, 6.45) is 1.80. The number of carbonyl (C=O) groups excluding carboxylic acids is 1. The lowest BCUT2D eigenvalue weighted by molar-refractivity contribution is -0.119. The summed E-state index contributed by atoms with van der Waals surface area (Å²) in [5.74, 6) is 0.562. The van der Waals surface area contributed by atoms with Crippen LogP contribution in [0.4, 0.5) is 0 Å². The van der Waals surface area contributed by atoms with E-state index in [-0.39, 0.29) is 11.2 Å². The van der Waals surface area contributed by atoms with Gasteiger partial charge in [-0.3, -0.25) is 4.79 Å². The summed E-state index contributed by atoms with van der Waals surface area (Å²) in [5.41, 5.74) is 0.883. The topological polar surface area (TPSA) is 57.5 Å². The number of aliphatic hydroxyl groups is 2. The van der Waals surface area contributed by atoms with E-state index < -0.39 is 12.2 Å². The molecule has 3 nitrogen and oxygen atoms in total. The van der Waals surface area contributed by atoms with E-state index in [0.717, 1.165) is 12.8 Å². The minimum atomic E-state index is -0.743. The molecule has 0 heterocycles.